The fourth-order valence-electron chi connectivity index (χ4n) is 3.21. The monoisotopic (exact) mass is 468 g/mol. The number of thioether (sulfide) groups is 1. The number of hydrogen-bond donors (Lipinski definition) is 2. The minimum Gasteiger partial charge on any atom is -0.383 e. The number of ketones is 2. The Labute approximate surface area is 192 Å². The maximum atomic E-state index is 12.9. The van der Waals surface area contributed by atoms with Gasteiger partial charge in [-0.1, -0.05) is 47.4 Å². The predicted octanol–water partition coefficient (Wildman–Crippen LogP) is 3.49. The molecule has 3 aromatic rings. The van der Waals surface area contributed by atoms with Crippen molar-refractivity contribution in [1.82, 2.24) is 10.2 Å². The molecule has 32 heavy (non-hydrogen) atoms. The quantitative estimate of drug-likeness (QED) is 0.299. The zero-order valence-corrected chi connectivity index (χ0v) is 19.0. The minimum atomic E-state index is -0.441. The third kappa shape index (κ3) is 4.57. The van der Waals surface area contributed by atoms with Gasteiger partial charge in [-0.05, 0) is 25.1 Å². The fourth-order valence-corrected chi connectivity index (χ4v) is 5.14. The Balaban J connectivity index is 1.43. The van der Waals surface area contributed by atoms with Crippen LogP contribution in [0.4, 0.5) is 10.8 Å². The lowest BCUT2D eigenvalue weighted by Crippen LogP contribution is -2.24. The topological polar surface area (TPSA) is 110 Å². The first-order valence-electron chi connectivity index (χ1n) is 9.84. The van der Waals surface area contributed by atoms with Gasteiger partial charge in [-0.25, -0.2) is 0 Å². The summed E-state index contributed by atoms with van der Waals surface area (Å²) < 4.78 is 5.65. The highest BCUT2D eigenvalue weighted by atomic mass is 32.2. The van der Waals surface area contributed by atoms with E-state index in [0.717, 1.165) is 0 Å². The van der Waals surface area contributed by atoms with Gasteiger partial charge >= 0.3 is 0 Å². The lowest BCUT2D eigenvalue weighted by Gasteiger charge is -2.18. The zero-order valence-electron chi connectivity index (χ0n) is 17.4. The average molecular weight is 469 g/mol. The predicted molar refractivity (Wildman–Crippen MR) is 124 cm³/mol. The van der Waals surface area contributed by atoms with E-state index in [-0.39, 0.29) is 17.5 Å². The van der Waals surface area contributed by atoms with Crippen molar-refractivity contribution < 1.29 is 19.1 Å². The Hall–Kier alpha value is -3.08. The van der Waals surface area contributed by atoms with E-state index >= 15 is 0 Å². The largest absolute Gasteiger partial charge is 0.383 e. The van der Waals surface area contributed by atoms with E-state index in [1.165, 1.54) is 23.1 Å². The Morgan fingerprint density at radius 3 is 2.47 bits per heavy atom. The smallest absolute Gasteiger partial charge is 0.237 e. The van der Waals surface area contributed by atoms with Crippen molar-refractivity contribution in [2.45, 2.75) is 16.5 Å². The molecule has 0 fully saturated rings. The summed E-state index contributed by atoms with van der Waals surface area (Å²) in [6.45, 7) is 2.94. The van der Waals surface area contributed by atoms with Crippen LogP contribution >= 0.6 is 23.1 Å². The molecule has 164 valence electrons. The number of anilines is 2. The second kappa shape index (κ2) is 9.60. The summed E-state index contributed by atoms with van der Waals surface area (Å²) in [5.74, 6) is -0.659. The molecule has 2 N–H and O–H groups in total. The van der Waals surface area contributed by atoms with E-state index < -0.39 is 5.25 Å². The first-order valence-corrected chi connectivity index (χ1v) is 11.5. The number of fused-ring (bicyclic) bond motifs is 2. The maximum absolute atomic E-state index is 12.9. The van der Waals surface area contributed by atoms with Gasteiger partial charge in [0, 0.05) is 41.6 Å². The number of nitrogens with one attached hydrogen (secondary N) is 2. The molecule has 1 aliphatic rings. The second-order valence-electron chi connectivity index (χ2n) is 7.01. The Bertz CT molecular complexity index is 1190. The first-order chi connectivity index (χ1) is 15.5. The van der Waals surface area contributed by atoms with Crippen LogP contribution in [0, 0.1) is 0 Å². The molecule has 1 heterocycles. The van der Waals surface area contributed by atoms with Crippen LogP contribution in [-0.2, 0) is 9.53 Å². The number of carbonyl (C=O) groups is 3. The van der Waals surface area contributed by atoms with Gasteiger partial charge in [-0.15, -0.1) is 10.2 Å². The summed E-state index contributed by atoms with van der Waals surface area (Å²) in [6, 6.07) is 11.5. The van der Waals surface area contributed by atoms with Gasteiger partial charge in [0.1, 0.15) is 0 Å². The van der Waals surface area contributed by atoms with Gasteiger partial charge in [-0.2, -0.15) is 0 Å². The molecule has 10 heteroatoms. The highest BCUT2D eigenvalue weighted by molar-refractivity contribution is 8.02. The molecule has 1 unspecified atom stereocenters. The Morgan fingerprint density at radius 1 is 1.06 bits per heavy atom. The minimum absolute atomic E-state index is 0.191. The molecule has 1 atom stereocenters. The second-order valence-corrected chi connectivity index (χ2v) is 9.57. The number of carbonyl (C=O) groups excluding carboxylic acids is 3. The van der Waals surface area contributed by atoms with Crippen LogP contribution in [0.2, 0.25) is 0 Å². The molecule has 0 aliphatic heterocycles. The third-order valence-electron chi connectivity index (χ3n) is 4.83. The van der Waals surface area contributed by atoms with E-state index in [2.05, 4.69) is 20.8 Å². The summed E-state index contributed by atoms with van der Waals surface area (Å²) in [4.78, 5) is 38.3. The molecule has 0 bridgehead atoms. The van der Waals surface area contributed by atoms with Gasteiger partial charge in [0.15, 0.2) is 15.9 Å². The number of amides is 1. The van der Waals surface area contributed by atoms with E-state index in [0.29, 0.717) is 50.6 Å². The van der Waals surface area contributed by atoms with E-state index in [1.807, 2.05) is 0 Å². The lowest BCUT2D eigenvalue weighted by molar-refractivity contribution is -0.115. The average Bonchev–Trinajstić information content (AvgIpc) is 3.24. The molecule has 0 saturated heterocycles. The number of ether oxygens (including phenoxy) is 1. The van der Waals surface area contributed by atoms with Crippen LogP contribution in [0.15, 0.2) is 46.8 Å². The van der Waals surface area contributed by atoms with Crippen LogP contribution < -0.4 is 10.6 Å². The Morgan fingerprint density at radius 2 is 1.75 bits per heavy atom. The highest BCUT2D eigenvalue weighted by Crippen LogP contribution is 2.31. The van der Waals surface area contributed by atoms with Crippen molar-refractivity contribution in [3.05, 3.63) is 64.7 Å². The lowest BCUT2D eigenvalue weighted by atomic mass is 9.84. The highest BCUT2D eigenvalue weighted by Gasteiger charge is 2.29. The van der Waals surface area contributed by atoms with Crippen molar-refractivity contribution in [1.29, 1.82) is 0 Å². The molecule has 2 aromatic carbocycles. The van der Waals surface area contributed by atoms with Crippen molar-refractivity contribution in [3.63, 3.8) is 0 Å². The maximum Gasteiger partial charge on any atom is 0.237 e. The van der Waals surface area contributed by atoms with Gasteiger partial charge in [0.2, 0.25) is 11.0 Å². The van der Waals surface area contributed by atoms with Crippen LogP contribution in [-0.4, -0.2) is 53.2 Å². The standard InChI is InChI=1S/C22H20N4O4S2/c1-12(31-22-26-25-21(32-22)23-9-10-30-2)20(29)24-13-7-8-16-17(11-13)19(28)15-6-4-3-5-14(15)18(16)27/h3-8,11-12H,9-10H2,1-2H3,(H,23,25)(H,24,29). The number of benzene rings is 2. The van der Waals surface area contributed by atoms with Gasteiger partial charge in [-0.3, -0.25) is 14.4 Å². The number of methoxy groups -OCH3 is 1. The molecule has 0 saturated carbocycles. The summed E-state index contributed by atoms with van der Waals surface area (Å²) in [5, 5.41) is 14.3. The van der Waals surface area contributed by atoms with Gasteiger partial charge in [0.05, 0.1) is 11.9 Å². The van der Waals surface area contributed by atoms with Crippen molar-refractivity contribution in [2.75, 3.05) is 30.9 Å². The third-order valence-corrected chi connectivity index (χ3v) is 6.89. The van der Waals surface area contributed by atoms with E-state index in [4.69, 9.17) is 4.74 Å². The normalized spacial score (nSPS) is 13.3. The van der Waals surface area contributed by atoms with Crippen molar-refractivity contribution in [2.24, 2.45) is 0 Å². The Kier molecular flexibility index (Phi) is 6.63. The van der Waals surface area contributed by atoms with E-state index in [9.17, 15) is 14.4 Å². The molecule has 8 nitrogen and oxygen atoms in total. The number of hydrogen-bond acceptors (Lipinski definition) is 9. The molecule has 1 aliphatic carbocycles. The molecule has 1 aromatic heterocycles. The van der Waals surface area contributed by atoms with Crippen LogP contribution in [0.5, 0.6) is 0 Å². The van der Waals surface area contributed by atoms with Crippen LogP contribution in [0.1, 0.15) is 38.8 Å². The van der Waals surface area contributed by atoms with Crippen molar-refractivity contribution in [3.8, 4) is 0 Å². The molecular weight excluding hydrogens is 448 g/mol. The molecule has 4 rings (SSSR count). The van der Waals surface area contributed by atoms with Crippen LogP contribution in [0.3, 0.4) is 0 Å². The van der Waals surface area contributed by atoms with Gasteiger partial charge < -0.3 is 15.4 Å². The summed E-state index contributed by atoms with van der Waals surface area (Å²) in [6.07, 6.45) is 0. The number of nitrogens with zero attached hydrogens (tertiary/aromatic N) is 2. The van der Waals surface area contributed by atoms with Crippen LogP contribution in [0.25, 0.3) is 0 Å². The fraction of sp³-hybridized carbons (Fsp3) is 0.227. The number of rotatable bonds is 8. The summed E-state index contributed by atoms with van der Waals surface area (Å²) in [5.41, 5.74) is 1.88. The summed E-state index contributed by atoms with van der Waals surface area (Å²) in [7, 11) is 1.62. The zero-order chi connectivity index (χ0) is 22.7. The molecular formula is C22H20N4O4S2. The SMILES string of the molecule is COCCNc1nnc(SC(C)C(=O)Nc2ccc3c(c2)C(=O)c2ccccc2C3=O)s1. The summed E-state index contributed by atoms with van der Waals surface area (Å²) >= 11 is 2.65. The molecule has 0 spiro atoms. The van der Waals surface area contributed by atoms with Crippen molar-refractivity contribution >= 4 is 51.4 Å². The van der Waals surface area contributed by atoms with E-state index in [1.54, 1.807) is 56.5 Å². The molecule has 0 radical (unpaired) electrons. The first kappa shape index (κ1) is 22.1. The molecule has 1 amide bonds. The number of aromatic nitrogens is 2. The van der Waals surface area contributed by atoms with Gasteiger partial charge in [0.25, 0.3) is 0 Å².